The normalized spacial score (nSPS) is 11.1. The van der Waals surface area contributed by atoms with Crippen LogP contribution in [0.3, 0.4) is 0 Å². The molecule has 0 aliphatic heterocycles. The van der Waals surface area contributed by atoms with Gasteiger partial charge in [0.1, 0.15) is 34.4 Å². The topological polar surface area (TPSA) is 106 Å². The smallest absolute Gasteiger partial charge is 0.144 e. The molecule has 3 aromatic carbocycles. The molecule has 3 rings (SSSR count). The number of benzene rings is 3. The number of azo groups is 1. The summed E-state index contributed by atoms with van der Waals surface area (Å²) in [7, 11) is 0. The first kappa shape index (κ1) is 16.3. The molecule has 0 radical (unpaired) electrons. The van der Waals surface area contributed by atoms with Crippen molar-refractivity contribution in [2.75, 3.05) is 0 Å². The van der Waals surface area contributed by atoms with E-state index in [1.165, 1.54) is 30.3 Å². The van der Waals surface area contributed by atoms with Crippen LogP contribution < -0.4 is 0 Å². The molecule has 0 amide bonds. The summed E-state index contributed by atoms with van der Waals surface area (Å²) in [6.45, 7) is 1.88. The monoisotopic (exact) mass is 336 g/mol. The quantitative estimate of drug-likeness (QED) is 0.403. The Bertz CT molecular complexity index is 968. The molecule has 0 fully saturated rings. The summed E-state index contributed by atoms with van der Waals surface area (Å²) in [6, 6.07) is 13.9. The number of hydrogen-bond donors (Lipinski definition) is 4. The second-order valence-electron chi connectivity index (χ2n) is 5.52. The molecule has 0 atom stereocenters. The lowest BCUT2D eigenvalue weighted by atomic mass is 9.98. The van der Waals surface area contributed by atoms with Gasteiger partial charge in [-0.2, -0.15) is 0 Å². The Morgan fingerprint density at radius 3 is 2.16 bits per heavy atom. The summed E-state index contributed by atoms with van der Waals surface area (Å²) in [6.07, 6.45) is 0. The van der Waals surface area contributed by atoms with Gasteiger partial charge in [0.2, 0.25) is 0 Å². The summed E-state index contributed by atoms with van der Waals surface area (Å²) in [5, 5.41) is 47.7. The third kappa shape index (κ3) is 3.23. The molecule has 0 aliphatic carbocycles. The minimum absolute atomic E-state index is 0.0403. The maximum atomic E-state index is 10.3. The highest BCUT2D eigenvalue weighted by Gasteiger charge is 2.16. The van der Waals surface area contributed by atoms with Gasteiger partial charge in [-0.05, 0) is 42.3 Å². The Hall–Kier alpha value is -3.54. The first-order valence-corrected chi connectivity index (χ1v) is 7.52. The summed E-state index contributed by atoms with van der Waals surface area (Å²) >= 11 is 0. The highest BCUT2D eigenvalue weighted by molar-refractivity contribution is 5.86. The van der Waals surface area contributed by atoms with E-state index < -0.39 is 0 Å². The van der Waals surface area contributed by atoms with Crippen molar-refractivity contribution in [1.82, 2.24) is 0 Å². The molecule has 3 aromatic rings. The minimum Gasteiger partial charge on any atom is -0.508 e. The molecule has 0 saturated carbocycles. The molecule has 0 spiro atoms. The van der Waals surface area contributed by atoms with Crippen molar-refractivity contribution >= 4 is 11.4 Å². The molecule has 0 aromatic heterocycles. The predicted octanol–water partition coefficient (Wildman–Crippen LogP) is 4.90. The van der Waals surface area contributed by atoms with Crippen LogP contribution in [0, 0.1) is 6.92 Å². The fraction of sp³-hybridized carbons (Fsp3) is 0.0526. The Morgan fingerprint density at radius 2 is 1.40 bits per heavy atom. The highest BCUT2D eigenvalue weighted by atomic mass is 16.3. The molecule has 6 heteroatoms. The van der Waals surface area contributed by atoms with Crippen molar-refractivity contribution in [2.45, 2.75) is 6.92 Å². The van der Waals surface area contributed by atoms with Gasteiger partial charge in [0.25, 0.3) is 0 Å². The summed E-state index contributed by atoms with van der Waals surface area (Å²) in [5.41, 5.74) is 2.03. The number of hydrogen-bond acceptors (Lipinski definition) is 6. The predicted molar refractivity (Wildman–Crippen MR) is 93.9 cm³/mol. The summed E-state index contributed by atoms with van der Waals surface area (Å²) < 4.78 is 0. The van der Waals surface area contributed by atoms with Crippen LogP contribution in [0.25, 0.3) is 11.1 Å². The van der Waals surface area contributed by atoms with Crippen molar-refractivity contribution in [3.63, 3.8) is 0 Å². The van der Waals surface area contributed by atoms with Gasteiger partial charge in [0.15, 0.2) is 0 Å². The van der Waals surface area contributed by atoms with Crippen LogP contribution in [0.5, 0.6) is 23.0 Å². The number of phenols is 4. The van der Waals surface area contributed by atoms with E-state index in [9.17, 15) is 20.4 Å². The van der Waals surface area contributed by atoms with Crippen molar-refractivity contribution in [1.29, 1.82) is 0 Å². The van der Waals surface area contributed by atoms with Gasteiger partial charge < -0.3 is 20.4 Å². The zero-order chi connectivity index (χ0) is 18.0. The summed E-state index contributed by atoms with van der Waals surface area (Å²) in [5.74, 6) is -0.467. The van der Waals surface area contributed by atoms with Crippen molar-refractivity contribution in [3.05, 3.63) is 60.2 Å². The first-order valence-electron chi connectivity index (χ1n) is 7.52. The van der Waals surface area contributed by atoms with E-state index in [4.69, 9.17) is 0 Å². The molecule has 0 heterocycles. The Balaban J connectivity index is 2.17. The van der Waals surface area contributed by atoms with Crippen LogP contribution in [0.15, 0.2) is 64.8 Å². The van der Waals surface area contributed by atoms with Crippen molar-refractivity contribution < 1.29 is 20.4 Å². The second kappa shape index (κ2) is 6.52. The lowest BCUT2D eigenvalue weighted by molar-refractivity contribution is 0.460. The average Bonchev–Trinajstić information content (AvgIpc) is 2.59. The fourth-order valence-corrected chi connectivity index (χ4v) is 2.49. The van der Waals surface area contributed by atoms with E-state index in [-0.39, 0.29) is 34.4 Å². The molecule has 126 valence electrons. The zero-order valence-corrected chi connectivity index (χ0v) is 13.4. The van der Waals surface area contributed by atoms with Crippen LogP contribution >= 0.6 is 0 Å². The van der Waals surface area contributed by atoms with Crippen molar-refractivity contribution in [3.8, 4) is 34.1 Å². The van der Waals surface area contributed by atoms with Crippen LogP contribution in [0.2, 0.25) is 0 Å². The molecule has 0 saturated heterocycles. The molecule has 6 nitrogen and oxygen atoms in total. The molecule has 4 N–H and O–H groups in total. The molecular formula is C19H16N2O4. The minimum atomic E-state index is -0.168. The number of rotatable bonds is 3. The number of phenolic OH excluding ortho intramolecular Hbond substituents is 4. The standard InChI is InChI=1S/C19H16N2O4/c1-11-4-2-3-5-13(11)18-16(24)8-9-17(25)19(18)21-20-14-10-12(22)6-7-15(14)23/h2-10,22-25H,1H3. The molecule has 0 unspecified atom stereocenters. The van der Waals surface area contributed by atoms with Gasteiger partial charge in [-0.15, -0.1) is 10.2 Å². The first-order chi connectivity index (χ1) is 12.0. The van der Waals surface area contributed by atoms with Gasteiger partial charge in [-0.1, -0.05) is 24.3 Å². The molecule has 0 bridgehead atoms. The molecule has 0 aliphatic rings. The van der Waals surface area contributed by atoms with E-state index in [1.807, 2.05) is 25.1 Å². The summed E-state index contributed by atoms with van der Waals surface area (Å²) in [4.78, 5) is 0. The third-order valence-corrected chi connectivity index (χ3v) is 3.77. The lowest BCUT2D eigenvalue weighted by Crippen LogP contribution is -1.85. The Kier molecular flexibility index (Phi) is 4.26. The van der Waals surface area contributed by atoms with E-state index in [0.717, 1.165) is 5.56 Å². The third-order valence-electron chi connectivity index (χ3n) is 3.77. The second-order valence-corrected chi connectivity index (χ2v) is 5.52. The van der Waals surface area contributed by atoms with Crippen LogP contribution in [-0.2, 0) is 0 Å². The Labute approximate surface area is 144 Å². The van der Waals surface area contributed by atoms with Gasteiger partial charge in [-0.25, -0.2) is 0 Å². The zero-order valence-electron chi connectivity index (χ0n) is 13.4. The van der Waals surface area contributed by atoms with E-state index in [2.05, 4.69) is 10.2 Å². The van der Waals surface area contributed by atoms with Crippen LogP contribution in [-0.4, -0.2) is 20.4 Å². The largest absolute Gasteiger partial charge is 0.508 e. The van der Waals surface area contributed by atoms with Crippen LogP contribution in [0.4, 0.5) is 11.4 Å². The average molecular weight is 336 g/mol. The highest BCUT2D eigenvalue weighted by Crippen LogP contribution is 2.45. The van der Waals surface area contributed by atoms with Gasteiger partial charge in [0, 0.05) is 6.07 Å². The van der Waals surface area contributed by atoms with Gasteiger partial charge >= 0.3 is 0 Å². The SMILES string of the molecule is Cc1ccccc1-c1c(O)ccc(O)c1N=Nc1cc(O)ccc1O. The maximum Gasteiger partial charge on any atom is 0.144 e. The van der Waals surface area contributed by atoms with Crippen molar-refractivity contribution in [2.24, 2.45) is 10.2 Å². The number of aromatic hydroxyl groups is 4. The number of nitrogens with zero attached hydrogens (tertiary/aromatic N) is 2. The Morgan fingerprint density at radius 1 is 0.720 bits per heavy atom. The maximum absolute atomic E-state index is 10.3. The van der Waals surface area contributed by atoms with Gasteiger partial charge in [-0.3, -0.25) is 0 Å². The van der Waals surface area contributed by atoms with E-state index >= 15 is 0 Å². The molecule has 25 heavy (non-hydrogen) atoms. The lowest BCUT2D eigenvalue weighted by Gasteiger charge is -2.12. The fourth-order valence-electron chi connectivity index (χ4n) is 2.49. The molecular weight excluding hydrogens is 320 g/mol. The van der Waals surface area contributed by atoms with Crippen LogP contribution in [0.1, 0.15) is 5.56 Å². The van der Waals surface area contributed by atoms with E-state index in [1.54, 1.807) is 6.07 Å². The van der Waals surface area contributed by atoms with E-state index in [0.29, 0.717) is 11.1 Å². The van der Waals surface area contributed by atoms with Gasteiger partial charge in [0.05, 0.1) is 5.56 Å². The number of aryl methyl sites for hydroxylation is 1.